The fourth-order valence-corrected chi connectivity index (χ4v) is 1.97. The molecule has 88 valence electrons. The summed E-state index contributed by atoms with van der Waals surface area (Å²) in [6.07, 6.45) is 0. The van der Waals surface area contributed by atoms with Gasteiger partial charge in [-0.1, -0.05) is 29.3 Å². The fraction of sp³-hybridized carbons (Fsp3) is 0.364. The van der Waals surface area contributed by atoms with Crippen molar-refractivity contribution in [2.24, 2.45) is 5.73 Å². The Morgan fingerprint density at radius 2 is 2.00 bits per heavy atom. The van der Waals surface area contributed by atoms with Gasteiger partial charge < -0.3 is 5.73 Å². The van der Waals surface area contributed by atoms with Gasteiger partial charge in [-0.15, -0.1) is 0 Å². The van der Waals surface area contributed by atoms with Crippen molar-refractivity contribution in [2.45, 2.75) is 25.9 Å². The number of carbonyl (C=O) groups excluding carboxylic acids is 1. The first-order valence-corrected chi connectivity index (χ1v) is 5.67. The normalized spacial score (nSPS) is 14.5. The SMILES string of the molecule is C[C@H](N[C@H](C)C(N)=O)c1ccc(Cl)cc1Cl. The number of nitrogens with two attached hydrogens (primary N) is 1. The number of carbonyl (C=O) groups is 1. The van der Waals surface area contributed by atoms with Crippen molar-refractivity contribution < 1.29 is 4.79 Å². The van der Waals surface area contributed by atoms with Gasteiger partial charge in [-0.25, -0.2) is 0 Å². The number of primary amides is 1. The minimum Gasteiger partial charge on any atom is -0.368 e. The lowest BCUT2D eigenvalue weighted by atomic mass is 10.1. The molecule has 0 bridgehead atoms. The zero-order valence-corrected chi connectivity index (χ0v) is 10.6. The Kier molecular flexibility index (Phi) is 4.59. The first-order valence-electron chi connectivity index (χ1n) is 4.92. The summed E-state index contributed by atoms with van der Waals surface area (Å²) in [6, 6.07) is 4.80. The van der Waals surface area contributed by atoms with Crippen LogP contribution in [-0.2, 0) is 4.79 Å². The van der Waals surface area contributed by atoms with E-state index in [1.165, 1.54) is 0 Å². The zero-order chi connectivity index (χ0) is 12.3. The minimum atomic E-state index is -0.401. The molecule has 1 aromatic carbocycles. The largest absolute Gasteiger partial charge is 0.368 e. The highest BCUT2D eigenvalue weighted by Crippen LogP contribution is 2.26. The molecular weight excluding hydrogens is 247 g/mol. The summed E-state index contributed by atoms with van der Waals surface area (Å²) in [4.78, 5) is 10.9. The third-order valence-corrected chi connectivity index (χ3v) is 2.92. The van der Waals surface area contributed by atoms with Crippen molar-refractivity contribution in [1.29, 1.82) is 0 Å². The van der Waals surface area contributed by atoms with Crippen molar-refractivity contribution in [2.75, 3.05) is 0 Å². The van der Waals surface area contributed by atoms with Crippen molar-refractivity contribution in [3.63, 3.8) is 0 Å². The van der Waals surface area contributed by atoms with E-state index in [4.69, 9.17) is 28.9 Å². The van der Waals surface area contributed by atoms with Crippen molar-refractivity contribution >= 4 is 29.1 Å². The van der Waals surface area contributed by atoms with Crippen LogP contribution in [0.1, 0.15) is 25.5 Å². The summed E-state index contributed by atoms with van der Waals surface area (Å²) >= 11 is 11.8. The van der Waals surface area contributed by atoms with Crippen LogP contribution in [0.25, 0.3) is 0 Å². The summed E-state index contributed by atoms with van der Waals surface area (Å²) in [7, 11) is 0. The molecule has 0 heterocycles. The molecule has 0 aliphatic rings. The smallest absolute Gasteiger partial charge is 0.234 e. The Hall–Kier alpha value is -0.770. The van der Waals surface area contributed by atoms with E-state index in [1.807, 2.05) is 13.0 Å². The first-order chi connectivity index (χ1) is 7.41. The third-order valence-electron chi connectivity index (χ3n) is 2.36. The molecule has 0 aromatic heterocycles. The van der Waals surface area contributed by atoms with E-state index in [1.54, 1.807) is 19.1 Å². The zero-order valence-electron chi connectivity index (χ0n) is 9.13. The molecule has 5 heteroatoms. The number of hydrogen-bond donors (Lipinski definition) is 2. The second kappa shape index (κ2) is 5.53. The second-order valence-electron chi connectivity index (χ2n) is 3.68. The maximum Gasteiger partial charge on any atom is 0.234 e. The van der Waals surface area contributed by atoms with Crippen molar-refractivity contribution in [1.82, 2.24) is 5.32 Å². The van der Waals surface area contributed by atoms with Crippen LogP contribution in [0.2, 0.25) is 10.0 Å². The molecule has 0 saturated carbocycles. The third kappa shape index (κ3) is 3.37. The van der Waals surface area contributed by atoms with E-state index in [2.05, 4.69) is 5.32 Å². The minimum absolute atomic E-state index is 0.0627. The molecule has 0 aliphatic carbocycles. The maximum atomic E-state index is 10.9. The van der Waals surface area contributed by atoms with Gasteiger partial charge in [0.25, 0.3) is 0 Å². The molecule has 1 amide bonds. The van der Waals surface area contributed by atoms with E-state index in [9.17, 15) is 4.79 Å². The number of hydrogen-bond acceptors (Lipinski definition) is 2. The van der Waals surface area contributed by atoms with Crippen molar-refractivity contribution in [3.8, 4) is 0 Å². The summed E-state index contributed by atoms with van der Waals surface area (Å²) in [5, 5.41) is 4.21. The van der Waals surface area contributed by atoms with Crippen LogP contribution in [-0.4, -0.2) is 11.9 Å². The number of amides is 1. The van der Waals surface area contributed by atoms with Gasteiger partial charge in [0, 0.05) is 16.1 Å². The molecule has 0 aliphatic heterocycles. The quantitative estimate of drug-likeness (QED) is 0.874. The van der Waals surface area contributed by atoms with E-state index in [-0.39, 0.29) is 6.04 Å². The average molecular weight is 261 g/mol. The molecule has 0 radical (unpaired) electrons. The second-order valence-corrected chi connectivity index (χ2v) is 4.52. The first kappa shape index (κ1) is 13.3. The molecule has 1 rings (SSSR count). The fourth-order valence-electron chi connectivity index (χ4n) is 1.40. The highest BCUT2D eigenvalue weighted by molar-refractivity contribution is 6.35. The molecule has 0 unspecified atom stereocenters. The van der Waals surface area contributed by atoms with E-state index >= 15 is 0 Å². The van der Waals surface area contributed by atoms with Crippen LogP contribution < -0.4 is 11.1 Å². The monoisotopic (exact) mass is 260 g/mol. The number of rotatable bonds is 4. The van der Waals surface area contributed by atoms with Gasteiger partial charge >= 0.3 is 0 Å². The summed E-state index contributed by atoms with van der Waals surface area (Å²) in [6.45, 7) is 3.62. The lowest BCUT2D eigenvalue weighted by Crippen LogP contribution is -2.40. The summed E-state index contributed by atoms with van der Waals surface area (Å²) < 4.78 is 0. The van der Waals surface area contributed by atoms with E-state index in [0.717, 1.165) is 5.56 Å². The van der Waals surface area contributed by atoms with Crippen LogP contribution in [0, 0.1) is 0 Å². The summed E-state index contributed by atoms with van der Waals surface area (Å²) in [5.41, 5.74) is 6.06. The Morgan fingerprint density at radius 1 is 1.38 bits per heavy atom. The van der Waals surface area contributed by atoms with Crippen molar-refractivity contribution in [3.05, 3.63) is 33.8 Å². The Morgan fingerprint density at radius 3 is 2.50 bits per heavy atom. The molecule has 3 nitrogen and oxygen atoms in total. The number of nitrogens with one attached hydrogen (secondary N) is 1. The van der Waals surface area contributed by atoms with E-state index in [0.29, 0.717) is 10.0 Å². The molecule has 16 heavy (non-hydrogen) atoms. The highest BCUT2D eigenvalue weighted by atomic mass is 35.5. The molecule has 2 atom stereocenters. The van der Waals surface area contributed by atoms with Gasteiger partial charge in [0.1, 0.15) is 0 Å². The predicted molar refractivity (Wildman–Crippen MR) is 66.7 cm³/mol. The molecule has 1 aromatic rings. The Labute approximate surface area is 105 Å². The van der Waals surface area contributed by atoms with Crippen LogP contribution in [0.4, 0.5) is 0 Å². The highest BCUT2D eigenvalue weighted by Gasteiger charge is 2.15. The van der Waals surface area contributed by atoms with E-state index < -0.39 is 11.9 Å². The van der Waals surface area contributed by atoms with Gasteiger partial charge in [-0.2, -0.15) is 0 Å². The lowest BCUT2D eigenvalue weighted by molar-refractivity contribution is -0.119. The van der Waals surface area contributed by atoms with Gasteiger partial charge in [0.05, 0.1) is 6.04 Å². The predicted octanol–water partition coefficient (Wildman–Crippen LogP) is 2.52. The van der Waals surface area contributed by atoms with Crippen LogP contribution >= 0.6 is 23.2 Å². The number of halogens is 2. The Bertz CT molecular complexity index is 396. The van der Waals surface area contributed by atoms with Crippen LogP contribution in [0.15, 0.2) is 18.2 Å². The van der Waals surface area contributed by atoms with Gasteiger partial charge in [-0.3, -0.25) is 10.1 Å². The molecule has 0 fully saturated rings. The lowest BCUT2D eigenvalue weighted by Gasteiger charge is -2.19. The average Bonchev–Trinajstić information content (AvgIpc) is 2.16. The Balaban J connectivity index is 2.80. The molecule has 0 spiro atoms. The molecule has 3 N–H and O–H groups in total. The molecular formula is C11H14Cl2N2O. The van der Waals surface area contributed by atoms with Gasteiger partial charge in [0.15, 0.2) is 0 Å². The molecule has 0 saturated heterocycles. The van der Waals surface area contributed by atoms with Crippen LogP contribution in [0.3, 0.4) is 0 Å². The maximum absolute atomic E-state index is 10.9. The van der Waals surface area contributed by atoms with Gasteiger partial charge in [-0.05, 0) is 31.5 Å². The topological polar surface area (TPSA) is 55.1 Å². The van der Waals surface area contributed by atoms with Gasteiger partial charge in [0.2, 0.25) is 5.91 Å². The number of benzene rings is 1. The standard InChI is InChI=1S/C11H14Cl2N2O/c1-6(15-7(2)11(14)16)9-4-3-8(12)5-10(9)13/h3-7,15H,1-2H3,(H2,14,16)/t6-,7+/m0/s1. The summed E-state index contributed by atoms with van der Waals surface area (Å²) in [5.74, 6) is -0.392. The van der Waals surface area contributed by atoms with Crippen LogP contribution in [0.5, 0.6) is 0 Å².